The van der Waals surface area contributed by atoms with Gasteiger partial charge in [-0.25, -0.2) is 9.67 Å². The van der Waals surface area contributed by atoms with Gasteiger partial charge in [0.15, 0.2) is 5.13 Å². The lowest BCUT2D eigenvalue weighted by Gasteiger charge is -2.31. The van der Waals surface area contributed by atoms with Gasteiger partial charge in [0.25, 0.3) is 5.56 Å². The number of pyridine rings is 1. The van der Waals surface area contributed by atoms with E-state index in [1.807, 2.05) is 12.1 Å². The fourth-order valence-electron chi connectivity index (χ4n) is 3.95. The molecule has 2 aliphatic heterocycles. The van der Waals surface area contributed by atoms with E-state index in [9.17, 15) is 4.79 Å². The molecule has 0 saturated carbocycles. The van der Waals surface area contributed by atoms with Gasteiger partial charge in [0.1, 0.15) is 0 Å². The van der Waals surface area contributed by atoms with Crippen LogP contribution >= 0.6 is 11.3 Å². The Morgan fingerprint density at radius 2 is 1.97 bits per heavy atom. The average molecular weight is 410 g/mol. The fourth-order valence-corrected chi connectivity index (χ4v) is 5.05. The predicted molar refractivity (Wildman–Crippen MR) is 112 cm³/mol. The Bertz CT molecular complexity index is 1020. The van der Waals surface area contributed by atoms with E-state index < -0.39 is 0 Å². The van der Waals surface area contributed by atoms with Crippen LogP contribution in [0.25, 0.3) is 11.3 Å². The van der Waals surface area contributed by atoms with E-state index in [-0.39, 0.29) is 5.56 Å². The highest BCUT2D eigenvalue weighted by Gasteiger charge is 2.24. The Labute approximate surface area is 173 Å². The van der Waals surface area contributed by atoms with Crippen LogP contribution in [0.4, 0.5) is 5.13 Å². The van der Waals surface area contributed by atoms with Crippen molar-refractivity contribution in [1.29, 1.82) is 0 Å². The summed E-state index contributed by atoms with van der Waals surface area (Å²) >= 11 is 1.77. The van der Waals surface area contributed by atoms with Gasteiger partial charge in [-0.3, -0.25) is 9.78 Å². The second kappa shape index (κ2) is 8.04. The minimum absolute atomic E-state index is 0.0437. The van der Waals surface area contributed by atoms with Crippen LogP contribution in [0.3, 0.4) is 0 Å². The van der Waals surface area contributed by atoms with E-state index in [1.54, 1.807) is 40.5 Å². The minimum atomic E-state index is -0.0437. The van der Waals surface area contributed by atoms with Crippen molar-refractivity contribution in [3.8, 4) is 11.3 Å². The first-order chi connectivity index (χ1) is 14.3. The molecule has 3 aromatic rings. The molecule has 0 amide bonds. The minimum Gasteiger partial charge on any atom is -0.375 e. The summed E-state index contributed by atoms with van der Waals surface area (Å²) in [4.78, 5) is 24.9. The zero-order valence-corrected chi connectivity index (χ0v) is 17.0. The van der Waals surface area contributed by atoms with Gasteiger partial charge in [-0.15, -0.1) is 0 Å². The summed E-state index contributed by atoms with van der Waals surface area (Å²) < 4.78 is 7.16. The Morgan fingerprint density at radius 1 is 1.14 bits per heavy atom. The number of anilines is 1. The van der Waals surface area contributed by atoms with Crippen LogP contribution in [0.15, 0.2) is 41.5 Å². The molecule has 150 valence electrons. The third-order valence-electron chi connectivity index (χ3n) is 5.64. The van der Waals surface area contributed by atoms with Gasteiger partial charge in [0, 0.05) is 50.1 Å². The Kier molecular flexibility index (Phi) is 5.12. The van der Waals surface area contributed by atoms with Gasteiger partial charge in [-0.2, -0.15) is 5.10 Å². The fraction of sp³-hybridized carbons (Fsp3) is 0.429. The number of aromatic nitrogens is 4. The van der Waals surface area contributed by atoms with Crippen LogP contribution in [-0.4, -0.2) is 39.4 Å². The number of hydrogen-bond donors (Lipinski definition) is 0. The molecule has 1 saturated heterocycles. The van der Waals surface area contributed by atoms with Crippen LogP contribution < -0.4 is 10.5 Å². The largest absolute Gasteiger partial charge is 0.375 e. The van der Waals surface area contributed by atoms with Crippen LogP contribution in [0.5, 0.6) is 0 Å². The Balaban J connectivity index is 1.25. The maximum absolute atomic E-state index is 12.3. The summed E-state index contributed by atoms with van der Waals surface area (Å²) in [6.07, 6.45) is 6.48. The molecule has 0 radical (unpaired) electrons. The van der Waals surface area contributed by atoms with Crippen molar-refractivity contribution in [3.05, 3.63) is 57.6 Å². The van der Waals surface area contributed by atoms with Crippen molar-refractivity contribution in [2.45, 2.75) is 32.4 Å². The molecule has 1 fully saturated rings. The van der Waals surface area contributed by atoms with E-state index in [0.29, 0.717) is 19.1 Å². The maximum Gasteiger partial charge on any atom is 0.266 e. The summed E-state index contributed by atoms with van der Waals surface area (Å²) in [6.45, 7) is 4.08. The topological polar surface area (TPSA) is 73.1 Å². The van der Waals surface area contributed by atoms with Crippen LogP contribution in [0, 0.1) is 5.92 Å². The molecule has 0 spiro atoms. The number of fused-ring (bicyclic) bond motifs is 1. The van der Waals surface area contributed by atoms with Gasteiger partial charge in [-0.05, 0) is 37.0 Å². The second-order valence-corrected chi connectivity index (χ2v) is 8.64. The number of rotatable bonds is 4. The molecule has 3 aromatic heterocycles. The van der Waals surface area contributed by atoms with E-state index in [0.717, 1.165) is 55.3 Å². The molecule has 0 N–H and O–H groups in total. The molecule has 7 nitrogen and oxygen atoms in total. The lowest BCUT2D eigenvalue weighted by molar-refractivity contribution is 0.112. The van der Waals surface area contributed by atoms with Crippen molar-refractivity contribution in [1.82, 2.24) is 19.7 Å². The van der Waals surface area contributed by atoms with Crippen molar-refractivity contribution in [2.24, 2.45) is 5.92 Å². The molecule has 5 rings (SSSR count). The van der Waals surface area contributed by atoms with Crippen LogP contribution in [0.1, 0.15) is 23.4 Å². The number of ether oxygens (including phenoxy) is 1. The van der Waals surface area contributed by atoms with Gasteiger partial charge < -0.3 is 9.64 Å². The first kappa shape index (κ1) is 18.4. The molecule has 0 unspecified atom stereocenters. The first-order valence-corrected chi connectivity index (χ1v) is 10.9. The lowest BCUT2D eigenvalue weighted by atomic mass is 9.97. The average Bonchev–Trinajstić information content (AvgIpc) is 3.21. The summed E-state index contributed by atoms with van der Waals surface area (Å²) in [6, 6.07) is 7.22. The second-order valence-electron chi connectivity index (χ2n) is 7.57. The molecule has 8 heteroatoms. The molecular formula is C21H23N5O2S. The summed E-state index contributed by atoms with van der Waals surface area (Å²) in [7, 11) is 0. The molecule has 0 bridgehead atoms. The highest BCUT2D eigenvalue weighted by Crippen LogP contribution is 2.32. The number of nitrogens with zero attached hydrogens (tertiary/aromatic N) is 5. The molecular weight excluding hydrogens is 386 g/mol. The number of hydrogen-bond acceptors (Lipinski definition) is 7. The van der Waals surface area contributed by atoms with Crippen LogP contribution in [0.2, 0.25) is 0 Å². The first-order valence-electron chi connectivity index (χ1n) is 10.1. The molecule has 2 aliphatic rings. The smallest absolute Gasteiger partial charge is 0.266 e. The lowest BCUT2D eigenvalue weighted by Crippen LogP contribution is -2.36. The molecule has 29 heavy (non-hydrogen) atoms. The zero-order valence-electron chi connectivity index (χ0n) is 16.2. The number of piperidine rings is 1. The predicted octanol–water partition coefficient (Wildman–Crippen LogP) is 2.75. The highest BCUT2D eigenvalue weighted by atomic mass is 32.1. The quantitative estimate of drug-likeness (QED) is 0.660. The maximum atomic E-state index is 12.3. The molecule has 0 aromatic carbocycles. The highest BCUT2D eigenvalue weighted by molar-refractivity contribution is 7.15. The third kappa shape index (κ3) is 3.95. The van der Waals surface area contributed by atoms with Crippen LogP contribution in [-0.2, 0) is 24.3 Å². The zero-order chi connectivity index (χ0) is 19.6. The summed E-state index contributed by atoms with van der Waals surface area (Å²) in [5.74, 6) is 0.446. The molecule has 0 atom stereocenters. The van der Waals surface area contributed by atoms with Gasteiger partial charge in [0.05, 0.1) is 29.5 Å². The number of thiazole rings is 1. The van der Waals surface area contributed by atoms with Gasteiger partial charge in [0.2, 0.25) is 0 Å². The SMILES string of the molecule is O=c1ccc(-c2ccncc2)nn1CC1CCN(c2nc3c(s2)COCC3)CC1. The molecule has 5 heterocycles. The van der Waals surface area contributed by atoms with Crippen molar-refractivity contribution in [2.75, 3.05) is 24.6 Å². The monoisotopic (exact) mass is 409 g/mol. The standard InChI is InChI=1S/C21H23N5O2S/c27-20-2-1-17(16-3-8-22-9-4-16)24-26(20)13-15-5-10-25(11-6-15)21-23-18-7-12-28-14-19(18)29-21/h1-4,8-9,15H,5-7,10-14H2. The van der Waals surface area contributed by atoms with E-state index in [4.69, 9.17) is 9.72 Å². The van der Waals surface area contributed by atoms with Gasteiger partial charge >= 0.3 is 0 Å². The van der Waals surface area contributed by atoms with Crippen molar-refractivity contribution in [3.63, 3.8) is 0 Å². The third-order valence-corrected chi connectivity index (χ3v) is 6.77. The Morgan fingerprint density at radius 3 is 2.76 bits per heavy atom. The van der Waals surface area contributed by atoms with E-state index in [1.165, 1.54) is 10.6 Å². The van der Waals surface area contributed by atoms with Crippen molar-refractivity contribution >= 4 is 16.5 Å². The van der Waals surface area contributed by atoms with E-state index in [2.05, 4.69) is 15.0 Å². The normalized spacial score (nSPS) is 17.3. The van der Waals surface area contributed by atoms with Gasteiger partial charge in [-0.1, -0.05) is 11.3 Å². The molecule has 0 aliphatic carbocycles. The summed E-state index contributed by atoms with van der Waals surface area (Å²) in [5, 5.41) is 5.72. The van der Waals surface area contributed by atoms with Crippen molar-refractivity contribution < 1.29 is 4.74 Å². The Hall–Kier alpha value is -2.58. The summed E-state index contributed by atoms with van der Waals surface area (Å²) in [5.41, 5.74) is 2.94. The van der Waals surface area contributed by atoms with E-state index >= 15 is 0 Å².